The fourth-order valence-corrected chi connectivity index (χ4v) is 2.70. The van der Waals surface area contributed by atoms with E-state index >= 15 is 0 Å². The van der Waals surface area contributed by atoms with Crippen LogP contribution in [0.2, 0.25) is 0 Å². The largest absolute Gasteiger partial charge is 0.326 e. The van der Waals surface area contributed by atoms with Gasteiger partial charge in [0.1, 0.15) is 0 Å². The predicted molar refractivity (Wildman–Crippen MR) is 59.8 cm³/mol. The Kier molecular flexibility index (Phi) is 1.28. The molecule has 1 aromatic carbocycles. The van der Waals surface area contributed by atoms with E-state index in [9.17, 15) is 4.79 Å². The van der Waals surface area contributed by atoms with Crippen LogP contribution >= 0.6 is 0 Å². The molecule has 3 rings (SSSR count). The van der Waals surface area contributed by atoms with Gasteiger partial charge in [-0.05, 0) is 30.4 Å². The molecule has 0 saturated heterocycles. The highest BCUT2D eigenvalue weighted by atomic mass is 16.2. The summed E-state index contributed by atoms with van der Waals surface area (Å²) in [5, 5.41) is 2.69. The zero-order valence-electron chi connectivity index (χ0n) is 12.4. The van der Waals surface area contributed by atoms with Crippen LogP contribution in [-0.2, 0) is 4.79 Å². The summed E-state index contributed by atoms with van der Waals surface area (Å²) in [6.07, 6.45) is 3.65. The summed E-state index contributed by atoms with van der Waals surface area (Å²) < 4.78 is 31.4. The molecule has 1 N–H and O–H groups in total. The van der Waals surface area contributed by atoms with E-state index in [1.165, 1.54) is 0 Å². The van der Waals surface area contributed by atoms with Crippen molar-refractivity contribution in [1.82, 2.24) is 0 Å². The summed E-state index contributed by atoms with van der Waals surface area (Å²) in [6.45, 7) is 0. The van der Waals surface area contributed by atoms with Gasteiger partial charge in [-0.1, -0.05) is 31.0 Å². The van der Waals surface area contributed by atoms with Gasteiger partial charge < -0.3 is 5.32 Å². The third-order valence-corrected chi connectivity index (χ3v) is 3.44. The van der Waals surface area contributed by atoms with Crippen LogP contribution in [0, 0.1) is 5.92 Å². The second-order valence-electron chi connectivity index (χ2n) is 4.28. The number of anilines is 1. The first-order valence-corrected chi connectivity index (χ1v) is 5.43. The van der Waals surface area contributed by atoms with Crippen molar-refractivity contribution in [1.29, 1.82) is 0 Å². The second-order valence-corrected chi connectivity index (χ2v) is 4.28. The molecule has 15 heavy (non-hydrogen) atoms. The minimum absolute atomic E-state index is 0.00731. The number of fused-ring (bicyclic) bond motifs is 3. The van der Waals surface area contributed by atoms with E-state index in [4.69, 9.17) is 5.48 Å². The third kappa shape index (κ3) is 1.36. The maximum absolute atomic E-state index is 12.1. The zero-order chi connectivity index (χ0) is 13.7. The Bertz CT molecular complexity index is 572. The van der Waals surface area contributed by atoms with Gasteiger partial charge in [0.05, 0.1) is 5.48 Å². The van der Waals surface area contributed by atoms with E-state index in [2.05, 4.69) is 5.32 Å². The van der Waals surface area contributed by atoms with Crippen molar-refractivity contribution in [2.24, 2.45) is 5.92 Å². The highest BCUT2D eigenvalue weighted by Crippen LogP contribution is 2.44. The molecule has 1 heterocycles. The quantitative estimate of drug-likeness (QED) is 0.693. The average Bonchev–Trinajstić information content (AvgIpc) is 2.43. The van der Waals surface area contributed by atoms with Crippen LogP contribution in [0.3, 0.4) is 0 Å². The molecule has 2 heteroatoms. The van der Waals surface area contributed by atoms with Crippen molar-refractivity contribution >= 4 is 11.6 Å². The molecule has 1 aromatic rings. The van der Waals surface area contributed by atoms with Crippen molar-refractivity contribution < 1.29 is 10.3 Å². The Morgan fingerprint density at radius 3 is 2.80 bits per heavy atom. The zero-order valence-corrected chi connectivity index (χ0v) is 8.39. The van der Waals surface area contributed by atoms with Crippen LogP contribution in [0.5, 0.6) is 0 Å². The lowest BCUT2D eigenvalue weighted by molar-refractivity contribution is -0.121. The van der Waals surface area contributed by atoms with E-state index in [1.54, 1.807) is 0 Å². The maximum Gasteiger partial charge on any atom is 0.228 e. The summed E-state index contributed by atoms with van der Waals surface area (Å²) in [7, 11) is 0. The Morgan fingerprint density at radius 1 is 1.20 bits per heavy atom. The minimum atomic E-state index is -0.279. The van der Waals surface area contributed by atoms with Gasteiger partial charge in [-0.3, -0.25) is 4.79 Å². The molecule has 0 aromatic heterocycles. The fraction of sp³-hybridized carbons (Fsp3) is 0.462. The van der Waals surface area contributed by atoms with Gasteiger partial charge in [0.2, 0.25) is 5.91 Å². The standard InChI is InChI=1S/C13H15NO/c15-13-11-7-2-1-5-9(11)10-6-3-4-8-12(10)14-13/h3-4,6,8-9,11H,1-2,5,7H2,(H,14,15)/t9-,11+/m1/s1/i3D,4D,6D,8D. The van der Waals surface area contributed by atoms with Crippen molar-refractivity contribution in [2.45, 2.75) is 31.6 Å². The Hall–Kier alpha value is -1.31. The third-order valence-electron chi connectivity index (χ3n) is 3.44. The number of hydrogen-bond donors (Lipinski definition) is 1. The van der Waals surface area contributed by atoms with Gasteiger partial charge >= 0.3 is 0 Å². The Labute approximate surface area is 95.3 Å². The van der Waals surface area contributed by atoms with Crippen LogP contribution in [0.4, 0.5) is 5.69 Å². The molecule has 0 unspecified atom stereocenters. The SMILES string of the molecule is [2H]c1c([2H])c([2H])c2c(c1[2H])NC(=O)[C@H]1CCCC[C@H]21. The number of nitrogens with one attached hydrogen (secondary N) is 1. The molecule has 1 aliphatic heterocycles. The number of amides is 1. The molecular formula is C13H15NO. The molecule has 1 amide bonds. The first-order valence-electron chi connectivity index (χ1n) is 7.43. The highest BCUT2D eigenvalue weighted by Gasteiger charge is 2.36. The summed E-state index contributed by atoms with van der Waals surface area (Å²) in [4.78, 5) is 12.1. The van der Waals surface area contributed by atoms with E-state index in [0.29, 0.717) is 11.3 Å². The molecule has 1 fully saturated rings. The topological polar surface area (TPSA) is 29.1 Å². The predicted octanol–water partition coefficient (Wildman–Crippen LogP) is 2.91. The smallest absolute Gasteiger partial charge is 0.228 e. The number of para-hydroxylation sites is 1. The van der Waals surface area contributed by atoms with E-state index in [1.807, 2.05) is 0 Å². The van der Waals surface area contributed by atoms with Crippen molar-refractivity contribution in [2.75, 3.05) is 5.32 Å². The molecule has 0 radical (unpaired) electrons. The number of carbonyl (C=O) groups excluding carboxylic acids is 1. The lowest BCUT2D eigenvalue weighted by Gasteiger charge is -2.36. The van der Waals surface area contributed by atoms with Crippen LogP contribution in [0.25, 0.3) is 0 Å². The number of hydrogen-bond acceptors (Lipinski definition) is 1. The molecule has 2 atom stereocenters. The summed E-state index contributed by atoms with van der Waals surface area (Å²) in [5.41, 5.74) is 0.898. The number of benzene rings is 1. The van der Waals surface area contributed by atoms with Crippen LogP contribution in [0.1, 0.15) is 42.6 Å². The first-order chi connectivity index (χ1) is 9.02. The minimum Gasteiger partial charge on any atom is -0.326 e. The van der Waals surface area contributed by atoms with Gasteiger partial charge in [0, 0.05) is 11.6 Å². The maximum atomic E-state index is 12.1. The summed E-state index contributed by atoms with van der Waals surface area (Å²) in [6, 6.07) is -0.608. The van der Waals surface area contributed by atoms with Gasteiger partial charge in [0.15, 0.2) is 0 Å². The van der Waals surface area contributed by atoms with Crippen molar-refractivity contribution in [3.63, 3.8) is 0 Å². The molecule has 0 bridgehead atoms. The molecule has 2 nitrogen and oxygen atoms in total. The molecule has 0 spiro atoms. The second kappa shape index (κ2) is 3.37. The normalized spacial score (nSPS) is 32.7. The van der Waals surface area contributed by atoms with E-state index in [0.717, 1.165) is 25.7 Å². The van der Waals surface area contributed by atoms with Gasteiger partial charge in [-0.25, -0.2) is 0 Å². The lowest BCUT2D eigenvalue weighted by Crippen LogP contribution is -2.35. The van der Waals surface area contributed by atoms with Crippen LogP contribution in [0.15, 0.2) is 24.2 Å². The van der Waals surface area contributed by atoms with E-state index < -0.39 is 0 Å². The summed E-state index contributed by atoms with van der Waals surface area (Å²) >= 11 is 0. The van der Waals surface area contributed by atoms with Gasteiger partial charge in [-0.2, -0.15) is 0 Å². The van der Waals surface area contributed by atoms with Crippen molar-refractivity contribution in [3.05, 3.63) is 29.7 Å². The van der Waals surface area contributed by atoms with Gasteiger partial charge in [0.25, 0.3) is 0 Å². The monoisotopic (exact) mass is 205 g/mol. The average molecular weight is 205 g/mol. The van der Waals surface area contributed by atoms with Crippen LogP contribution in [-0.4, -0.2) is 5.91 Å². The van der Waals surface area contributed by atoms with Gasteiger partial charge in [-0.15, -0.1) is 0 Å². The number of rotatable bonds is 0. The molecular weight excluding hydrogens is 186 g/mol. The first kappa shape index (κ1) is 5.69. The molecule has 1 aliphatic carbocycles. The Morgan fingerprint density at radius 2 is 1.93 bits per heavy atom. The lowest BCUT2D eigenvalue weighted by atomic mass is 9.72. The Balaban J connectivity index is 2.24. The summed E-state index contributed by atoms with van der Waals surface area (Å²) in [5.74, 6) is -0.290. The highest BCUT2D eigenvalue weighted by molar-refractivity contribution is 5.96. The van der Waals surface area contributed by atoms with Crippen molar-refractivity contribution in [3.8, 4) is 0 Å². The fourth-order valence-electron chi connectivity index (χ4n) is 2.70. The number of carbonyl (C=O) groups is 1. The molecule has 2 aliphatic rings. The molecule has 78 valence electrons. The van der Waals surface area contributed by atoms with Crippen LogP contribution < -0.4 is 5.32 Å². The molecule has 1 saturated carbocycles. The van der Waals surface area contributed by atoms with E-state index in [-0.39, 0.29) is 41.9 Å².